The standard InChI is InChI=1S/C14H27N3/c1-6-15-11-14(5,12(3)4)8-13-9-16-17(7-2)10-13/h9-10,12,15H,6-8,11H2,1-5H3. The Labute approximate surface area is 106 Å². The first-order valence-corrected chi connectivity index (χ1v) is 6.74. The summed E-state index contributed by atoms with van der Waals surface area (Å²) >= 11 is 0. The van der Waals surface area contributed by atoms with Crippen molar-refractivity contribution in [2.45, 2.75) is 47.6 Å². The lowest BCUT2D eigenvalue weighted by atomic mass is 9.75. The van der Waals surface area contributed by atoms with Crippen molar-refractivity contribution in [3.63, 3.8) is 0 Å². The van der Waals surface area contributed by atoms with Crippen LogP contribution in [0, 0.1) is 11.3 Å². The van der Waals surface area contributed by atoms with Crippen LogP contribution in [0.15, 0.2) is 12.4 Å². The summed E-state index contributed by atoms with van der Waals surface area (Å²) in [5.41, 5.74) is 1.65. The monoisotopic (exact) mass is 237 g/mol. The highest BCUT2D eigenvalue weighted by Crippen LogP contribution is 2.30. The fourth-order valence-electron chi connectivity index (χ4n) is 2.02. The van der Waals surface area contributed by atoms with Gasteiger partial charge in [0.25, 0.3) is 0 Å². The van der Waals surface area contributed by atoms with E-state index in [-0.39, 0.29) is 0 Å². The van der Waals surface area contributed by atoms with Crippen molar-refractivity contribution in [3.8, 4) is 0 Å². The zero-order valence-electron chi connectivity index (χ0n) is 12.0. The highest BCUT2D eigenvalue weighted by Gasteiger charge is 2.28. The molecule has 0 amide bonds. The molecule has 3 heteroatoms. The zero-order valence-corrected chi connectivity index (χ0v) is 12.0. The second kappa shape index (κ2) is 6.20. The molecule has 0 spiro atoms. The molecular weight excluding hydrogens is 210 g/mol. The average Bonchev–Trinajstić information content (AvgIpc) is 2.73. The van der Waals surface area contributed by atoms with Gasteiger partial charge < -0.3 is 5.32 Å². The third-order valence-corrected chi connectivity index (χ3v) is 3.79. The summed E-state index contributed by atoms with van der Waals surface area (Å²) in [7, 11) is 0. The number of hydrogen-bond donors (Lipinski definition) is 1. The molecule has 1 unspecified atom stereocenters. The van der Waals surface area contributed by atoms with Gasteiger partial charge in [-0.1, -0.05) is 27.7 Å². The normalized spacial score (nSPS) is 15.2. The highest BCUT2D eigenvalue weighted by molar-refractivity contribution is 5.08. The summed E-state index contributed by atoms with van der Waals surface area (Å²) in [6, 6.07) is 0. The maximum Gasteiger partial charge on any atom is 0.0521 e. The topological polar surface area (TPSA) is 29.9 Å². The molecule has 0 aromatic carbocycles. The van der Waals surface area contributed by atoms with Gasteiger partial charge in [-0.3, -0.25) is 4.68 Å². The molecular formula is C14H27N3. The maximum absolute atomic E-state index is 4.35. The molecule has 1 rings (SSSR count). The van der Waals surface area contributed by atoms with E-state index < -0.39 is 0 Å². The lowest BCUT2D eigenvalue weighted by molar-refractivity contribution is 0.209. The van der Waals surface area contributed by atoms with Crippen LogP contribution in [0.4, 0.5) is 0 Å². The molecule has 1 heterocycles. The number of nitrogens with one attached hydrogen (secondary N) is 1. The minimum atomic E-state index is 0.303. The largest absolute Gasteiger partial charge is 0.316 e. The summed E-state index contributed by atoms with van der Waals surface area (Å²) in [5, 5.41) is 7.84. The van der Waals surface area contributed by atoms with Gasteiger partial charge in [-0.05, 0) is 36.8 Å². The van der Waals surface area contributed by atoms with Crippen molar-refractivity contribution in [3.05, 3.63) is 18.0 Å². The van der Waals surface area contributed by atoms with Crippen LogP contribution in [0.5, 0.6) is 0 Å². The number of rotatable bonds is 7. The molecule has 0 radical (unpaired) electrons. The number of aryl methyl sites for hydroxylation is 1. The van der Waals surface area contributed by atoms with Crippen LogP contribution in [0.2, 0.25) is 0 Å². The van der Waals surface area contributed by atoms with E-state index in [4.69, 9.17) is 0 Å². The zero-order chi connectivity index (χ0) is 12.9. The van der Waals surface area contributed by atoms with Gasteiger partial charge in [-0.15, -0.1) is 0 Å². The third-order valence-electron chi connectivity index (χ3n) is 3.79. The van der Waals surface area contributed by atoms with Crippen molar-refractivity contribution in [1.82, 2.24) is 15.1 Å². The fourth-order valence-corrected chi connectivity index (χ4v) is 2.02. The van der Waals surface area contributed by atoms with E-state index in [1.54, 1.807) is 0 Å². The Morgan fingerprint density at radius 3 is 2.59 bits per heavy atom. The van der Waals surface area contributed by atoms with Crippen LogP contribution in [0.3, 0.4) is 0 Å². The molecule has 0 saturated carbocycles. The van der Waals surface area contributed by atoms with Crippen molar-refractivity contribution < 1.29 is 0 Å². The SMILES string of the molecule is CCNCC(C)(Cc1cnn(CC)c1)C(C)C. The molecule has 1 atom stereocenters. The summed E-state index contributed by atoms with van der Waals surface area (Å²) in [4.78, 5) is 0. The smallest absolute Gasteiger partial charge is 0.0521 e. The predicted molar refractivity (Wildman–Crippen MR) is 73.1 cm³/mol. The van der Waals surface area contributed by atoms with Gasteiger partial charge in [0.05, 0.1) is 6.20 Å². The van der Waals surface area contributed by atoms with E-state index in [2.05, 4.69) is 51.2 Å². The minimum absolute atomic E-state index is 0.303. The van der Waals surface area contributed by atoms with Crippen LogP contribution in [-0.2, 0) is 13.0 Å². The summed E-state index contributed by atoms with van der Waals surface area (Å²) in [6.07, 6.45) is 5.28. The Morgan fingerprint density at radius 1 is 1.41 bits per heavy atom. The molecule has 1 N–H and O–H groups in total. The Hall–Kier alpha value is -0.830. The molecule has 0 fully saturated rings. The summed E-state index contributed by atoms with van der Waals surface area (Å²) < 4.78 is 2.00. The van der Waals surface area contributed by atoms with Gasteiger partial charge in [0, 0.05) is 19.3 Å². The first-order valence-electron chi connectivity index (χ1n) is 6.74. The van der Waals surface area contributed by atoms with Gasteiger partial charge in [-0.25, -0.2) is 0 Å². The van der Waals surface area contributed by atoms with Crippen molar-refractivity contribution >= 4 is 0 Å². The third kappa shape index (κ3) is 3.84. The predicted octanol–water partition coefficient (Wildman–Crippen LogP) is 2.72. The first-order chi connectivity index (χ1) is 8.01. The Bertz CT molecular complexity index is 330. The Balaban J connectivity index is 2.71. The van der Waals surface area contributed by atoms with E-state index in [0.29, 0.717) is 11.3 Å². The Kier molecular flexibility index (Phi) is 5.19. The molecule has 0 saturated heterocycles. The van der Waals surface area contributed by atoms with Crippen LogP contribution in [0.25, 0.3) is 0 Å². The molecule has 0 aliphatic rings. The molecule has 17 heavy (non-hydrogen) atoms. The molecule has 98 valence electrons. The quantitative estimate of drug-likeness (QED) is 0.790. The van der Waals surface area contributed by atoms with E-state index in [1.165, 1.54) is 5.56 Å². The van der Waals surface area contributed by atoms with Gasteiger partial charge in [-0.2, -0.15) is 5.10 Å². The van der Waals surface area contributed by atoms with Crippen LogP contribution in [-0.4, -0.2) is 22.9 Å². The van der Waals surface area contributed by atoms with E-state index in [0.717, 1.165) is 26.1 Å². The molecule has 3 nitrogen and oxygen atoms in total. The fraction of sp³-hybridized carbons (Fsp3) is 0.786. The van der Waals surface area contributed by atoms with E-state index in [1.807, 2.05) is 10.9 Å². The van der Waals surface area contributed by atoms with Gasteiger partial charge >= 0.3 is 0 Å². The van der Waals surface area contributed by atoms with Gasteiger partial charge in [0.1, 0.15) is 0 Å². The van der Waals surface area contributed by atoms with E-state index in [9.17, 15) is 0 Å². The molecule has 0 aliphatic heterocycles. The maximum atomic E-state index is 4.35. The second-order valence-electron chi connectivity index (χ2n) is 5.47. The Morgan fingerprint density at radius 2 is 2.12 bits per heavy atom. The van der Waals surface area contributed by atoms with E-state index >= 15 is 0 Å². The molecule has 1 aromatic heterocycles. The number of nitrogens with zero attached hydrogens (tertiary/aromatic N) is 2. The van der Waals surface area contributed by atoms with Crippen molar-refractivity contribution in [2.75, 3.05) is 13.1 Å². The van der Waals surface area contributed by atoms with Gasteiger partial charge in [0.15, 0.2) is 0 Å². The minimum Gasteiger partial charge on any atom is -0.316 e. The summed E-state index contributed by atoms with van der Waals surface area (Å²) in [6.45, 7) is 14.3. The van der Waals surface area contributed by atoms with Crippen LogP contribution >= 0.6 is 0 Å². The van der Waals surface area contributed by atoms with Gasteiger partial charge in [0.2, 0.25) is 0 Å². The number of hydrogen-bond acceptors (Lipinski definition) is 2. The first kappa shape index (κ1) is 14.2. The lowest BCUT2D eigenvalue weighted by Crippen LogP contribution is -2.37. The molecule has 1 aromatic rings. The lowest BCUT2D eigenvalue weighted by Gasteiger charge is -2.34. The number of aromatic nitrogens is 2. The van der Waals surface area contributed by atoms with Crippen molar-refractivity contribution in [2.24, 2.45) is 11.3 Å². The van der Waals surface area contributed by atoms with Crippen LogP contribution in [0.1, 0.15) is 40.2 Å². The summed E-state index contributed by atoms with van der Waals surface area (Å²) in [5.74, 6) is 0.659. The molecule has 0 aliphatic carbocycles. The highest BCUT2D eigenvalue weighted by atomic mass is 15.3. The second-order valence-corrected chi connectivity index (χ2v) is 5.47. The average molecular weight is 237 g/mol. The van der Waals surface area contributed by atoms with Crippen LogP contribution < -0.4 is 5.32 Å². The molecule has 0 bridgehead atoms. The van der Waals surface area contributed by atoms with Crippen molar-refractivity contribution in [1.29, 1.82) is 0 Å².